The molecule has 0 saturated carbocycles. The Hall–Kier alpha value is -3.55. The van der Waals surface area contributed by atoms with Gasteiger partial charge in [0.25, 0.3) is 5.91 Å². The van der Waals surface area contributed by atoms with Gasteiger partial charge in [0.1, 0.15) is 0 Å². The Morgan fingerprint density at radius 3 is 2.55 bits per heavy atom. The van der Waals surface area contributed by atoms with Gasteiger partial charge < -0.3 is 10.1 Å². The number of nitrogens with zero attached hydrogens (tertiary/aromatic N) is 4. The average molecular weight is 393 g/mol. The van der Waals surface area contributed by atoms with E-state index in [4.69, 9.17) is 4.74 Å². The van der Waals surface area contributed by atoms with E-state index in [2.05, 4.69) is 20.7 Å². The van der Waals surface area contributed by atoms with Crippen molar-refractivity contribution in [3.8, 4) is 11.4 Å². The minimum Gasteiger partial charge on any atom is -0.454 e. The Morgan fingerprint density at radius 2 is 1.83 bits per heavy atom. The molecule has 8 heteroatoms. The summed E-state index contributed by atoms with van der Waals surface area (Å²) in [5.74, 6) is -0.348. The molecule has 0 radical (unpaired) electrons. The predicted octanol–water partition coefficient (Wildman–Crippen LogP) is 2.95. The summed E-state index contributed by atoms with van der Waals surface area (Å²) in [7, 11) is 0. The van der Waals surface area contributed by atoms with E-state index in [0.29, 0.717) is 11.5 Å². The van der Waals surface area contributed by atoms with Crippen molar-refractivity contribution in [3.05, 3.63) is 59.7 Å². The number of aryl methyl sites for hydroxylation is 1. The van der Waals surface area contributed by atoms with Gasteiger partial charge in [0, 0.05) is 11.3 Å². The van der Waals surface area contributed by atoms with E-state index in [1.165, 1.54) is 0 Å². The van der Waals surface area contributed by atoms with Gasteiger partial charge >= 0.3 is 5.97 Å². The van der Waals surface area contributed by atoms with E-state index in [1.807, 2.05) is 69.3 Å². The van der Waals surface area contributed by atoms with Crippen LogP contribution in [0.5, 0.6) is 0 Å². The number of esters is 1. The fourth-order valence-corrected chi connectivity index (χ4v) is 2.74. The second-order valence-corrected chi connectivity index (χ2v) is 6.96. The molecular formula is C21H23N5O3. The van der Waals surface area contributed by atoms with Crippen LogP contribution in [-0.4, -0.2) is 38.7 Å². The van der Waals surface area contributed by atoms with E-state index in [0.717, 1.165) is 21.5 Å². The molecular weight excluding hydrogens is 370 g/mol. The van der Waals surface area contributed by atoms with Crippen LogP contribution in [0.3, 0.4) is 0 Å². The summed E-state index contributed by atoms with van der Waals surface area (Å²) in [4.78, 5) is 25.3. The lowest BCUT2D eigenvalue weighted by atomic mass is 10.0. The van der Waals surface area contributed by atoms with Gasteiger partial charge in [-0.1, -0.05) is 61.9 Å². The third-order valence-electron chi connectivity index (χ3n) is 4.25. The fraction of sp³-hybridized carbons (Fsp3) is 0.286. The molecule has 3 rings (SSSR count). The topological polar surface area (TPSA) is 99.0 Å². The number of hydrogen-bond donors (Lipinski definition) is 1. The summed E-state index contributed by atoms with van der Waals surface area (Å²) in [5.41, 5.74) is 3.66. The number of carbonyl (C=O) groups is 2. The highest BCUT2D eigenvalue weighted by molar-refractivity contribution is 5.93. The maximum atomic E-state index is 12.1. The highest BCUT2D eigenvalue weighted by Crippen LogP contribution is 2.23. The van der Waals surface area contributed by atoms with Gasteiger partial charge in [0.2, 0.25) is 5.82 Å². The third kappa shape index (κ3) is 5.47. The number of hydrogen-bond acceptors (Lipinski definition) is 6. The largest absolute Gasteiger partial charge is 0.454 e. The van der Waals surface area contributed by atoms with Crippen molar-refractivity contribution in [1.82, 2.24) is 20.2 Å². The number of ether oxygens (including phenoxy) is 1. The molecule has 0 saturated heterocycles. The lowest BCUT2D eigenvalue weighted by Gasteiger charge is -2.13. The third-order valence-corrected chi connectivity index (χ3v) is 4.25. The van der Waals surface area contributed by atoms with Crippen molar-refractivity contribution in [2.24, 2.45) is 0 Å². The molecule has 0 fully saturated rings. The van der Waals surface area contributed by atoms with E-state index in [-0.39, 0.29) is 19.1 Å². The van der Waals surface area contributed by atoms with E-state index in [9.17, 15) is 9.59 Å². The first-order valence-corrected chi connectivity index (χ1v) is 9.31. The van der Waals surface area contributed by atoms with Gasteiger partial charge in [-0.3, -0.25) is 4.79 Å². The molecule has 8 nitrogen and oxygen atoms in total. The molecule has 0 aliphatic rings. The van der Waals surface area contributed by atoms with Crippen LogP contribution in [0.2, 0.25) is 0 Å². The summed E-state index contributed by atoms with van der Waals surface area (Å²) >= 11 is 0. The minimum absolute atomic E-state index is 0.227. The summed E-state index contributed by atoms with van der Waals surface area (Å²) in [6.07, 6.45) is 0. The van der Waals surface area contributed by atoms with Crippen molar-refractivity contribution in [3.63, 3.8) is 0 Å². The average Bonchev–Trinajstić information content (AvgIpc) is 3.15. The summed E-state index contributed by atoms with van der Waals surface area (Å²) in [5, 5.41) is 14.7. The van der Waals surface area contributed by atoms with Crippen molar-refractivity contribution in [2.75, 3.05) is 11.9 Å². The molecule has 1 amide bonds. The highest BCUT2D eigenvalue weighted by atomic mass is 16.5. The number of aromatic nitrogens is 4. The molecule has 0 atom stereocenters. The molecule has 1 N–H and O–H groups in total. The van der Waals surface area contributed by atoms with Crippen molar-refractivity contribution < 1.29 is 14.3 Å². The number of para-hydroxylation sites is 1. The monoisotopic (exact) mass is 393 g/mol. The maximum absolute atomic E-state index is 12.1. The zero-order chi connectivity index (χ0) is 20.8. The van der Waals surface area contributed by atoms with Crippen LogP contribution < -0.4 is 5.32 Å². The van der Waals surface area contributed by atoms with Gasteiger partial charge in [-0.25, -0.2) is 4.79 Å². The Labute approximate surface area is 168 Å². The van der Waals surface area contributed by atoms with Gasteiger partial charge in [-0.15, -0.1) is 10.2 Å². The Kier molecular flexibility index (Phi) is 6.33. The molecule has 3 aromatic rings. The van der Waals surface area contributed by atoms with Crippen molar-refractivity contribution >= 4 is 17.6 Å². The van der Waals surface area contributed by atoms with Gasteiger partial charge in [-0.2, -0.15) is 4.80 Å². The van der Waals surface area contributed by atoms with Crippen LogP contribution in [0, 0.1) is 6.92 Å². The Morgan fingerprint density at radius 1 is 1.10 bits per heavy atom. The molecule has 0 unspecified atom stereocenters. The van der Waals surface area contributed by atoms with E-state index < -0.39 is 11.9 Å². The number of benzene rings is 2. The number of anilines is 1. The minimum atomic E-state index is -0.620. The van der Waals surface area contributed by atoms with Crippen LogP contribution in [0.25, 0.3) is 11.4 Å². The molecule has 150 valence electrons. The zero-order valence-electron chi connectivity index (χ0n) is 16.6. The van der Waals surface area contributed by atoms with Gasteiger partial charge in [0.05, 0.1) is 0 Å². The van der Waals surface area contributed by atoms with Crippen molar-refractivity contribution in [2.45, 2.75) is 33.2 Å². The van der Waals surface area contributed by atoms with Crippen LogP contribution in [0.1, 0.15) is 30.9 Å². The predicted molar refractivity (Wildman–Crippen MR) is 108 cm³/mol. The fourth-order valence-electron chi connectivity index (χ4n) is 2.74. The van der Waals surface area contributed by atoms with Gasteiger partial charge in [0.15, 0.2) is 13.2 Å². The van der Waals surface area contributed by atoms with Gasteiger partial charge in [-0.05, 0) is 29.7 Å². The normalized spacial score (nSPS) is 10.8. The summed E-state index contributed by atoms with van der Waals surface area (Å²) in [6, 6.07) is 15.2. The molecule has 1 heterocycles. The molecule has 0 aliphatic carbocycles. The van der Waals surface area contributed by atoms with E-state index >= 15 is 0 Å². The molecule has 0 aliphatic heterocycles. The highest BCUT2D eigenvalue weighted by Gasteiger charge is 2.13. The van der Waals surface area contributed by atoms with Crippen LogP contribution in [-0.2, 0) is 20.9 Å². The van der Waals surface area contributed by atoms with Crippen LogP contribution >= 0.6 is 0 Å². The Bertz CT molecular complexity index is 996. The summed E-state index contributed by atoms with van der Waals surface area (Å²) < 4.78 is 5.03. The number of rotatable bonds is 7. The number of carbonyl (C=O) groups excluding carboxylic acids is 2. The van der Waals surface area contributed by atoms with Crippen LogP contribution in [0.4, 0.5) is 5.69 Å². The zero-order valence-corrected chi connectivity index (χ0v) is 16.6. The molecule has 0 spiro atoms. The first-order chi connectivity index (χ1) is 13.9. The standard InChI is InChI=1S/C21H23N5O3/c1-14(2)17-6-4-5-7-18(17)22-19(27)13-29-20(28)12-26-24-21(23-25-26)16-10-8-15(3)9-11-16/h4-11,14H,12-13H2,1-3H3,(H,22,27). The molecule has 2 aromatic carbocycles. The molecule has 1 aromatic heterocycles. The smallest absolute Gasteiger partial charge is 0.330 e. The lowest BCUT2D eigenvalue weighted by Crippen LogP contribution is -2.24. The number of amides is 1. The SMILES string of the molecule is Cc1ccc(-c2nnn(CC(=O)OCC(=O)Nc3ccccc3C(C)C)n2)cc1. The van der Waals surface area contributed by atoms with Crippen molar-refractivity contribution in [1.29, 1.82) is 0 Å². The first-order valence-electron chi connectivity index (χ1n) is 9.31. The summed E-state index contributed by atoms with van der Waals surface area (Å²) in [6.45, 7) is 5.46. The Balaban J connectivity index is 1.51. The van der Waals surface area contributed by atoms with Crippen LogP contribution in [0.15, 0.2) is 48.5 Å². The number of tetrazole rings is 1. The second kappa shape index (κ2) is 9.09. The molecule has 29 heavy (non-hydrogen) atoms. The quantitative estimate of drug-likeness (QED) is 0.620. The first kappa shape index (κ1) is 20.2. The number of nitrogens with one attached hydrogen (secondary N) is 1. The molecule has 0 bridgehead atoms. The maximum Gasteiger partial charge on any atom is 0.330 e. The second-order valence-electron chi connectivity index (χ2n) is 6.96. The van der Waals surface area contributed by atoms with E-state index in [1.54, 1.807) is 0 Å². The lowest BCUT2D eigenvalue weighted by molar-refractivity contribution is -0.148.